The molecule has 0 N–H and O–H groups in total. The van der Waals surface area contributed by atoms with E-state index in [2.05, 4.69) is 11.1 Å². The molecule has 5 rings (SSSR count). The normalized spacial score (nSPS) is 15.3. The molecule has 0 saturated heterocycles. The van der Waals surface area contributed by atoms with Crippen molar-refractivity contribution in [3.05, 3.63) is 106 Å². The van der Waals surface area contributed by atoms with Gasteiger partial charge in [0.15, 0.2) is 11.6 Å². The number of fused-ring (bicyclic) bond motifs is 3. The molecule has 3 aromatic carbocycles. The van der Waals surface area contributed by atoms with Gasteiger partial charge in [-0.25, -0.2) is 13.8 Å². The molecule has 4 aromatic rings. The van der Waals surface area contributed by atoms with Crippen molar-refractivity contribution in [1.29, 1.82) is 0 Å². The van der Waals surface area contributed by atoms with Crippen LogP contribution < -0.4 is 39.4 Å². The molecular weight excluding hydrogens is 503 g/mol. The number of carboxylic acid groups (broad SMARTS) is 1. The van der Waals surface area contributed by atoms with Crippen molar-refractivity contribution in [2.45, 2.75) is 18.8 Å². The van der Waals surface area contributed by atoms with Crippen molar-refractivity contribution in [1.82, 2.24) is 4.98 Å². The maximum absolute atomic E-state index is 13.6. The minimum Gasteiger partial charge on any atom is -0.550 e. The molecule has 4 nitrogen and oxygen atoms in total. The quantitative estimate of drug-likeness (QED) is 0.363. The zero-order valence-electron chi connectivity index (χ0n) is 20.4. The van der Waals surface area contributed by atoms with Gasteiger partial charge in [-0.3, -0.25) is 0 Å². The number of pyridine rings is 1. The third-order valence-corrected chi connectivity index (χ3v) is 7.69. The molecular formula is C29H22F2NNaO3S. The number of ether oxygens (including phenoxy) is 1. The Morgan fingerprint density at radius 2 is 1.86 bits per heavy atom. The number of nitrogens with zero attached hydrogens (tertiary/aromatic N) is 1. The summed E-state index contributed by atoms with van der Waals surface area (Å²) in [6.45, 7) is 2.09. The van der Waals surface area contributed by atoms with Crippen molar-refractivity contribution in [2.24, 2.45) is 5.92 Å². The van der Waals surface area contributed by atoms with Crippen LogP contribution in [0.5, 0.6) is 5.75 Å². The van der Waals surface area contributed by atoms with Crippen molar-refractivity contribution in [2.75, 3.05) is 5.75 Å². The molecule has 0 aliphatic carbocycles. The maximum atomic E-state index is 13.6. The largest absolute Gasteiger partial charge is 1.00 e. The van der Waals surface area contributed by atoms with E-state index in [0.29, 0.717) is 29.0 Å². The molecule has 2 heterocycles. The van der Waals surface area contributed by atoms with E-state index in [4.69, 9.17) is 4.74 Å². The molecule has 2 atom stereocenters. The van der Waals surface area contributed by atoms with E-state index >= 15 is 0 Å². The number of halogens is 2. The van der Waals surface area contributed by atoms with Gasteiger partial charge in [0.1, 0.15) is 12.4 Å². The molecule has 1 unspecified atom stereocenters. The zero-order chi connectivity index (χ0) is 25.2. The Morgan fingerprint density at radius 1 is 1.08 bits per heavy atom. The van der Waals surface area contributed by atoms with Crippen LogP contribution in [0.1, 0.15) is 40.1 Å². The molecule has 0 bridgehead atoms. The van der Waals surface area contributed by atoms with Crippen LogP contribution in [0.3, 0.4) is 0 Å². The van der Waals surface area contributed by atoms with Gasteiger partial charge in [-0.1, -0.05) is 49.4 Å². The Bertz CT molecular complexity index is 1490. The van der Waals surface area contributed by atoms with Crippen molar-refractivity contribution in [3.8, 4) is 5.75 Å². The number of thioether (sulfide) groups is 1. The summed E-state index contributed by atoms with van der Waals surface area (Å²) in [5.74, 6) is -2.33. The fourth-order valence-corrected chi connectivity index (χ4v) is 5.54. The summed E-state index contributed by atoms with van der Waals surface area (Å²) in [6, 6.07) is 19.6. The summed E-state index contributed by atoms with van der Waals surface area (Å²) < 4.78 is 33.2. The Labute approximate surface area is 240 Å². The molecule has 0 spiro atoms. The number of carbonyl (C=O) groups is 1. The number of aromatic nitrogens is 1. The number of aliphatic carboxylic acids is 1. The molecule has 1 aliphatic rings. The van der Waals surface area contributed by atoms with Crippen molar-refractivity contribution >= 4 is 40.8 Å². The third kappa shape index (κ3) is 6.07. The molecule has 0 saturated carbocycles. The first-order valence-electron chi connectivity index (χ1n) is 11.5. The van der Waals surface area contributed by atoms with E-state index in [-0.39, 0.29) is 34.8 Å². The summed E-state index contributed by atoms with van der Waals surface area (Å²) in [4.78, 5) is 15.7. The molecule has 0 amide bonds. The molecule has 1 aromatic heterocycles. The fourth-order valence-electron chi connectivity index (χ4n) is 4.15. The van der Waals surface area contributed by atoms with Crippen molar-refractivity contribution in [3.63, 3.8) is 0 Å². The maximum Gasteiger partial charge on any atom is 1.00 e. The van der Waals surface area contributed by atoms with Crippen molar-refractivity contribution < 1.29 is 53.0 Å². The predicted octanol–water partition coefficient (Wildman–Crippen LogP) is 2.79. The van der Waals surface area contributed by atoms with Crippen LogP contribution in [0, 0.1) is 17.6 Å². The Kier molecular flexibility index (Phi) is 8.70. The summed E-state index contributed by atoms with van der Waals surface area (Å²) in [5.41, 5.74) is 5.01. The van der Waals surface area contributed by atoms with E-state index in [9.17, 15) is 18.7 Å². The molecule has 1 aliphatic heterocycles. The summed E-state index contributed by atoms with van der Waals surface area (Å²) >= 11 is 1.56. The first kappa shape index (κ1) is 27.3. The number of hydrogen-bond acceptors (Lipinski definition) is 5. The zero-order valence-corrected chi connectivity index (χ0v) is 23.2. The molecule has 0 radical (unpaired) electrons. The molecule has 8 heteroatoms. The van der Waals surface area contributed by atoms with Gasteiger partial charge in [0, 0.05) is 34.7 Å². The number of hydrogen-bond donors (Lipinski definition) is 0. The average molecular weight is 526 g/mol. The molecule has 182 valence electrons. The van der Waals surface area contributed by atoms with Crippen LogP contribution in [0.2, 0.25) is 0 Å². The van der Waals surface area contributed by atoms with E-state index in [1.165, 1.54) is 0 Å². The van der Waals surface area contributed by atoms with Gasteiger partial charge in [-0.05, 0) is 47.0 Å². The van der Waals surface area contributed by atoms with E-state index < -0.39 is 23.5 Å². The first-order valence-corrected chi connectivity index (χ1v) is 12.5. The second kappa shape index (κ2) is 11.8. The average Bonchev–Trinajstić information content (AvgIpc) is 3.03. The van der Waals surface area contributed by atoms with Crippen LogP contribution in [0.4, 0.5) is 8.78 Å². The van der Waals surface area contributed by atoms with Crippen LogP contribution in [-0.2, 0) is 11.4 Å². The Hall–Kier alpha value is -2.71. The number of benzene rings is 3. The van der Waals surface area contributed by atoms with Crippen LogP contribution >= 0.6 is 11.8 Å². The van der Waals surface area contributed by atoms with Gasteiger partial charge in [-0.15, -0.1) is 11.8 Å². The van der Waals surface area contributed by atoms with Crippen LogP contribution in [-0.4, -0.2) is 16.7 Å². The number of carbonyl (C=O) groups excluding carboxylic acids is 1. The Morgan fingerprint density at radius 3 is 2.68 bits per heavy atom. The fraction of sp³-hybridized carbons (Fsp3) is 0.172. The number of rotatable bonds is 6. The smallest absolute Gasteiger partial charge is 0.550 e. The van der Waals surface area contributed by atoms with E-state index in [1.54, 1.807) is 30.8 Å². The minimum atomic E-state index is -1.07. The summed E-state index contributed by atoms with van der Waals surface area (Å²) in [7, 11) is 0. The number of carboxylic acids is 1. The molecule has 0 fully saturated rings. The van der Waals surface area contributed by atoms with E-state index in [0.717, 1.165) is 40.1 Å². The van der Waals surface area contributed by atoms with Gasteiger partial charge < -0.3 is 14.6 Å². The topological polar surface area (TPSA) is 62.2 Å². The van der Waals surface area contributed by atoms with Gasteiger partial charge in [-0.2, -0.15) is 0 Å². The SMILES string of the molecule is C[C@H](CSC1c2ccccc2COc2ccc(C=Cc3ccc4cc(F)c(F)cc4n3)cc21)C(=O)[O-].[Na+]. The summed E-state index contributed by atoms with van der Waals surface area (Å²) in [6.07, 6.45) is 3.71. The Balaban J connectivity index is 0.00000320. The van der Waals surface area contributed by atoms with Gasteiger partial charge in [0.2, 0.25) is 0 Å². The van der Waals surface area contributed by atoms with Gasteiger partial charge >= 0.3 is 29.6 Å². The second-order valence-corrected chi connectivity index (χ2v) is 9.88. The second-order valence-electron chi connectivity index (χ2n) is 8.75. The van der Waals surface area contributed by atoms with Gasteiger partial charge in [0.05, 0.1) is 16.5 Å². The van der Waals surface area contributed by atoms with E-state index in [1.807, 2.05) is 48.6 Å². The van der Waals surface area contributed by atoms with Gasteiger partial charge in [0.25, 0.3) is 0 Å². The third-order valence-electron chi connectivity index (χ3n) is 6.15. The van der Waals surface area contributed by atoms with Crippen LogP contribution in [0.15, 0.2) is 66.7 Å². The predicted molar refractivity (Wildman–Crippen MR) is 136 cm³/mol. The summed E-state index contributed by atoms with van der Waals surface area (Å²) in [5, 5.41) is 11.7. The monoisotopic (exact) mass is 525 g/mol. The molecule has 37 heavy (non-hydrogen) atoms. The van der Waals surface area contributed by atoms with Crippen LogP contribution in [0.25, 0.3) is 23.1 Å². The minimum absolute atomic E-state index is 0. The standard InChI is InChI=1S/C29H23F2NO3S.Na/c1-17(29(33)34)16-36-28-22-5-3-2-4-20(22)15-35-27-11-7-18(12-23(27)28)6-9-21-10-8-19-13-24(30)25(31)14-26(19)32-21;/h2-14,17,28H,15-16H2,1H3,(H,33,34);/q;+1/p-1/t17-,28?;/m1./s1. The first-order chi connectivity index (χ1) is 17.4.